The number of hydrogen-bond acceptors (Lipinski definition) is 5. The number of allylic oxidation sites excluding steroid dienone is 1. The van der Waals surface area contributed by atoms with Crippen molar-refractivity contribution in [2.75, 3.05) is 19.6 Å². The molecule has 3 atom stereocenters. The molecular weight excluding hydrogens is 502 g/mol. The summed E-state index contributed by atoms with van der Waals surface area (Å²) < 4.78 is 33.5. The third-order valence-corrected chi connectivity index (χ3v) is 8.79. The molecule has 1 saturated heterocycles. The highest BCUT2D eigenvalue weighted by molar-refractivity contribution is 7.84. The first-order valence-corrected chi connectivity index (χ1v) is 13.4. The van der Waals surface area contributed by atoms with E-state index in [0.29, 0.717) is 48.3 Å². The lowest BCUT2D eigenvalue weighted by Gasteiger charge is -2.42. The lowest BCUT2D eigenvalue weighted by Crippen LogP contribution is -2.54. The van der Waals surface area contributed by atoms with E-state index in [4.69, 9.17) is 27.9 Å². The number of carbonyl (C=O) groups is 1. The minimum atomic E-state index is -1.95. The summed E-state index contributed by atoms with van der Waals surface area (Å²) in [5.74, 6) is -0.0837. The van der Waals surface area contributed by atoms with Crippen LogP contribution in [0.1, 0.15) is 32.6 Å². The first-order valence-electron chi connectivity index (χ1n) is 11.5. The average molecular weight is 528 g/mol. The smallest absolute Gasteiger partial charge is 0.236 e. The van der Waals surface area contributed by atoms with Crippen LogP contribution in [0.5, 0.6) is 5.75 Å². The number of ether oxygens (including phenoxy) is 1. The minimum Gasteiger partial charge on any atom is -0.744 e. The van der Waals surface area contributed by atoms with Crippen molar-refractivity contribution >= 4 is 40.1 Å². The molecule has 1 amide bonds. The largest absolute Gasteiger partial charge is 0.744 e. The molecule has 6 nitrogen and oxygen atoms in total. The van der Waals surface area contributed by atoms with E-state index in [1.54, 1.807) is 24.3 Å². The van der Waals surface area contributed by atoms with Gasteiger partial charge in [-0.15, -0.1) is 0 Å². The third kappa shape index (κ3) is 4.93. The van der Waals surface area contributed by atoms with Crippen molar-refractivity contribution in [3.05, 3.63) is 56.7 Å². The van der Waals surface area contributed by atoms with Crippen LogP contribution in [0.2, 0.25) is 10.0 Å². The number of carbonyl (C=O) groups excluding carboxylic acids is 1. The topological polar surface area (TPSA) is 72.9 Å². The Balaban J connectivity index is 1.24. The van der Waals surface area contributed by atoms with Crippen molar-refractivity contribution in [1.82, 2.24) is 9.37 Å². The van der Waals surface area contributed by atoms with E-state index in [1.807, 2.05) is 0 Å². The van der Waals surface area contributed by atoms with Crippen molar-refractivity contribution in [3.63, 3.8) is 0 Å². The molecule has 34 heavy (non-hydrogen) atoms. The Bertz CT molecular complexity index is 1060. The number of alkyl halides is 1. The molecule has 0 N–H and O–H groups in total. The second-order valence-electron chi connectivity index (χ2n) is 9.83. The fourth-order valence-corrected chi connectivity index (χ4v) is 6.16. The molecule has 0 aromatic heterocycles. The number of benzene rings is 1. The Labute approximate surface area is 210 Å². The number of halogens is 3. The van der Waals surface area contributed by atoms with E-state index in [2.05, 4.69) is 4.90 Å². The van der Waals surface area contributed by atoms with Crippen molar-refractivity contribution in [2.45, 2.75) is 50.1 Å². The van der Waals surface area contributed by atoms with E-state index < -0.39 is 28.5 Å². The molecule has 5 rings (SSSR count). The van der Waals surface area contributed by atoms with Crippen molar-refractivity contribution in [1.29, 1.82) is 0 Å². The maximum atomic E-state index is 15.4. The van der Waals surface area contributed by atoms with Gasteiger partial charge in [0.25, 0.3) is 0 Å². The third-order valence-electron chi connectivity index (χ3n) is 6.82. The zero-order chi connectivity index (χ0) is 24.2. The number of rotatable bonds is 8. The highest BCUT2D eigenvalue weighted by Gasteiger charge is 2.47. The molecule has 0 radical (unpaired) electrons. The van der Waals surface area contributed by atoms with E-state index >= 15 is 4.39 Å². The molecule has 3 aliphatic carbocycles. The van der Waals surface area contributed by atoms with E-state index in [1.165, 1.54) is 13.0 Å². The predicted octanol–water partition coefficient (Wildman–Crippen LogP) is 4.83. The zero-order valence-corrected chi connectivity index (χ0v) is 21.0. The standard InChI is InChI=1S/C24H26Cl2FN2O4S/c1-24(23(30)29(31)34(32)20-4-5-20)10-21(14-2-3-14)15(6-22(24)27)11-28-12-19(13-28)33-18-8-16(25)7-17(26)9-18/h6-10,14,19-20,22H,2-5,11-13H2,1H3/q-1. The van der Waals surface area contributed by atoms with Crippen molar-refractivity contribution in [2.24, 2.45) is 11.3 Å². The lowest BCUT2D eigenvalue weighted by molar-refractivity contribution is -0.133. The summed E-state index contributed by atoms with van der Waals surface area (Å²) in [6.07, 6.45) is 4.69. The number of nitrogens with zero attached hydrogens (tertiary/aromatic N) is 2. The Morgan fingerprint density at radius 3 is 2.47 bits per heavy atom. The molecule has 1 aliphatic heterocycles. The quantitative estimate of drug-likeness (QED) is 0.452. The summed E-state index contributed by atoms with van der Waals surface area (Å²) in [4.78, 5) is 15.1. The van der Waals surface area contributed by atoms with Gasteiger partial charge in [0, 0.05) is 29.7 Å². The van der Waals surface area contributed by atoms with Gasteiger partial charge in [0.05, 0.1) is 10.7 Å². The van der Waals surface area contributed by atoms with Crippen molar-refractivity contribution < 1.29 is 18.1 Å². The number of likely N-dealkylation sites (tertiary alicyclic amines) is 1. The highest BCUT2D eigenvalue weighted by Crippen LogP contribution is 2.47. The van der Waals surface area contributed by atoms with Crippen LogP contribution in [0.25, 0.3) is 0 Å². The maximum Gasteiger partial charge on any atom is 0.236 e. The monoisotopic (exact) mass is 527 g/mol. The van der Waals surface area contributed by atoms with Crippen LogP contribution < -0.4 is 4.74 Å². The van der Waals surface area contributed by atoms with Gasteiger partial charge in [-0.2, -0.15) is 0 Å². The first-order chi connectivity index (χ1) is 16.1. The summed E-state index contributed by atoms with van der Waals surface area (Å²) in [5, 5.41) is 13.2. The van der Waals surface area contributed by atoms with Crippen LogP contribution in [0.4, 0.5) is 4.39 Å². The Morgan fingerprint density at radius 2 is 1.88 bits per heavy atom. The van der Waals surface area contributed by atoms with Gasteiger partial charge < -0.3 is 14.4 Å². The normalized spacial score (nSPS) is 28.6. The second kappa shape index (κ2) is 9.21. The molecule has 1 aromatic carbocycles. The first kappa shape index (κ1) is 24.3. The average Bonchev–Trinajstić information content (AvgIpc) is 3.65. The van der Waals surface area contributed by atoms with E-state index in [9.17, 15) is 14.2 Å². The molecule has 3 unspecified atom stereocenters. The minimum absolute atomic E-state index is 0.00353. The van der Waals surface area contributed by atoms with Gasteiger partial charge in [-0.25, -0.2) is 8.60 Å². The van der Waals surface area contributed by atoms with Gasteiger partial charge in [-0.1, -0.05) is 29.3 Å². The van der Waals surface area contributed by atoms with Crippen molar-refractivity contribution in [3.8, 4) is 5.75 Å². The molecule has 2 saturated carbocycles. The van der Waals surface area contributed by atoms with Crippen LogP contribution >= 0.6 is 23.2 Å². The summed E-state index contributed by atoms with van der Waals surface area (Å²) in [7, 11) is -1.95. The molecule has 184 valence electrons. The fraction of sp³-hybridized carbons (Fsp3) is 0.542. The zero-order valence-electron chi connectivity index (χ0n) is 18.7. The molecule has 1 aromatic rings. The lowest BCUT2D eigenvalue weighted by atomic mass is 9.75. The van der Waals surface area contributed by atoms with Gasteiger partial charge in [0.2, 0.25) is 5.91 Å². The molecular formula is C24H26Cl2FN2O4S-. The number of hydroxylamine groups is 1. The Morgan fingerprint density at radius 1 is 1.24 bits per heavy atom. The predicted molar refractivity (Wildman–Crippen MR) is 131 cm³/mol. The molecule has 4 aliphatic rings. The van der Waals surface area contributed by atoms with E-state index in [-0.39, 0.29) is 21.7 Å². The summed E-state index contributed by atoms with van der Waals surface area (Å²) in [6.45, 7) is 3.31. The molecule has 0 bridgehead atoms. The molecule has 0 spiro atoms. The van der Waals surface area contributed by atoms with Gasteiger partial charge in [-0.3, -0.25) is 9.69 Å². The van der Waals surface area contributed by atoms with Gasteiger partial charge in [0.1, 0.15) is 29.0 Å². The number of hydrogen-bond donors (Lipinski definition) is 0. The fourth-order valence-electron chi connectivity index (χ4n) is 4.48. The Hall–Kier alpha value is -1.45. The summed E-state index contributed by atoms with van der Waals surface area (Å²) in [5.41, 5.74) is 0.145. The molecule has 10 heteroatoms. The Kier molecular flexibility index (Phi) is 6.57. The molecule has 3 fully saturated rings. The highest BCUT2D eigenvalue weighted by atomic mass is 35.5. The maximum absolute atomic E-state index is 15.4. The van der Waals surface area contributed by atoms with Gasteiger partial charge >= 0.3 is 0 Å². The summed E-state index contributed by atoms with van der Waals surface area (Å²) in [6, 6.07) is 5.08. The SMILES string of the molecule is CC1(C(=O)N([O-])S(=O)C2CC2)C=C(C2CC2)C(CN2CC(Oc3cc(Cl)cc(Cl)c3)C2)=CC1F. The second-order valence-corrected chi connectivity index (χ2v) is 12.3. The number of amides is 1. The van der Waals surface area contributed by atoms with Crippen LogP contribution in [-0.2, 0) is 15.8 Å². The van der Waals surface area contributed by atoms with E-state index in [0.717, 1.165) is 24.0 Å². The molecule has 1 heterocycles. The van der Waals surface area contributed by atoms with Gasteiger partial charge in [0.15, 0.2) is 0 Å². The van der Waals surface area contributed by atoms with Crippen LogP contribution in [0.3, 0.4) is 0 Å². The van der Waals surface area contributed by atoms with Gasteiger partial charge in [-0.05, 0) is 73.9 Å². The van der Waals surface area contributed by atoms with Crippen LogP contribution in [-0.4, -0.2) is 56.6 Å². The summed E-state index contributed by atoms with van der Waals surface area (Å²) >= 11 is 12.1. The van der Waals surface area contributed by atoms with Crippen LogP contribution in [0, 0.1) is 16.5 Å². The van der Waals surface area contributed by atoms with Crippen LogP contribution in [0.15, 0.2) is 41.5 Å².